The van der Waals surface area contributed by atoms with Gasteiger partial charge in [-0.15, -0.1) is 0 Å². The SMILES string of the molecule is CCCC(CCO)CNc1ccccc1S(N)(=O)=O. The normalized spacial score (nSPS) is 13.2. The largest absolute Gasteiger partial charge is 0.396 e. The Balaban J connectivity index is 2.77. The molecule has 5 nitrogen and oxygen atoms in total. The summed E-state index contributed by atoms with van der Waals surface area (Å²) in [7, 11) is -3.72. The molecule has 0 aliphatic rings. The van der Waals surface area contributed by atoms with Gasteiger partial charge in [0.15, 0.2) is 0 Å². The number of benzene rings is 1. The van der Waals surface area contributed by atoms with Crippen molar-refractivity contribution >= 4 is 15.7 Å². The lowest BCUT2D eigenvalue weighted by Gasteiger charge is -2.17. The fourth-order valence-electron chi connectivity index (χ4n) is 2.05. The Kier molecular flexibility index (Phi) is 6.27. The van der Waals surface area contributed by atoms with Crippen molar-refractivity contribution < 1.29 is 13.5 Å². The number of rotatable bonds is 8. The second kappa shape index (κ2) is 7.47. The average molecular weight is 286 g/mol. The van der Waals surface area contributed by atoms with Crippen LogP contribution < -0.4 is 10.5 Å². The van der Waals surface area contributed by atoms with Crippen LogP contribution in [0.15, 0.2) is 29.2 Å². The molecule has 0 spiro atoms. The van der Waals surface area contributed by atoms with Crippen LogP contribution in [-0.4, -0.2) is 26.7 Å². The fourth-order valence-corrected chi connectivity index (χ4v) is 2.77. The van der Waals surface area contributed by atoms with E-state index in [2.05, 4.69) is 12.2 Å². The van der Waals surface area contributed by atoms with Gasteiger partial charge >= 0.3 is 0 Å². The molecule has 0 radical (unpaired) electrons. The van der Waals surface area contributed by atoms with Crippen molar-refractivity contribution in [2.24, 2.45) is 11.1 Å². The summed E-state index contributed by atoms with van der Waals surface area (Å²) in [5.41, 5.74) is 0.518. The molecule has 1 rings (SSSR count). The van der Waals surface area contributed by atoms with Crippen molar-refractivity contribution in [1.82, 2.24) is 0 Å². The van der Waals surface area contributed by atoms with Gasteiger partial charge in [-0.05, 0) is 30.9 Å². The number of aliphatic hydroxyl groups excluding tert-OH is 1. The maximum absolute atomic E-state index is 11.4. The summed E-state index contributed by atoms with van der Waals surface area (Å²) < 4.78 is 22.9. The van der Waals surface area contributed by atoms with Gasteiger partial charge < -0.3 is 10.4 Å². The van der Waals surface area contributed by atoms with E-state index in [4.69, 9.17) is 10.2 Å². The van der Waals surface area contributed by atoms with Crippen LogP contribution in [0.4, 0.5) is 5.69 Å². The Morgan fingerprint density at radius 3 is 2.58 bits per heavy atom. The molecule has 108 valence electrons. The number of nitrogens with two attached hydrogens (primary N) is 1. The second-order valence-corrected chi connectivity index (χ2v) is 6.12. The standard InChI is InChI=1S/C13H22N2O3S/c1-2-5-11(8-9-16)10-15-12-6-3-4-7-13(12)19(14,17)18/h3-4,6-7,11,15-16H,2,5,8-10H2,1H3,(H2,14,17,18). The van der Waals surface area contributed by atoms with Crippen molar-refractivity contribution in [3.05, 3.63) is 24.3 Å². The molecular weight excluding hydrogens is 264 g/mol. The van der Waals surface area contributed by atoms with Crippen LogP contribution in [0.1, 0.15) is 26.2 Å². The first-order valence-corrected chi connectivity index (χ1v) is 8.00. The summed E-state index contributed by atoms with van der Waals surface area (Å²) in [6.45, 7) is 2.85. The van der Waals surface area contributed by atoms with Gasteiger partial charge in [0.1, 0.15) is 4.90 Å². The van der Waals surface area contributed by atoms with E-state index in [1.165, 1.54) is 6.07 Å². The molecule has 1 aromatic carbocycles. The molecule has 0 saturated heterocycles. The minimum atomic E-state index is -3.72. The molecule has 0 saturated carbocycles. The first kappa shape index (κ1) is 15.9. The van der Waals surface area contributed by atoms with Crippen LogP contribution in [0.5, 0.6) is 0 Å². The van der Waals surface area contributed by atoms with Gasteiger partial charge in [-0.1, -0.05) is 25.5 Å². The zero-order valence-electron chi connectivity index (χ0n) is 11.2. The number of nitrogens with one attached hydrogen (secondary N) is 1. The number of para-hydroxylation sites is 1. The van der Waals surface area contributed by atoms with Crippen molar-refractivity contribution in [1.29, 1.82) is 0 Å². The van der Waals surface area contributed by atoms with Crippen molar-refractivity contribution in [3.8, 4) is 0 Å². The highest BCUT2D eigenvalue weighted by Gasteiger charge is 2.14. The summed E-state index contributed by atoms with van der Waals surface area (Å²) >= 11 is 0. The molecule has 0 fully saturated rings. The highest BCUT2D eigenvalue weighted by atomic mass is 32.2. The lowest BCUT2D eigenvalue weighted by molar-refractivity contribution is 0.255. The van der Waals surface area contributed by atoms with E-state index < -0.39 is 10.0 Å². The third kappa shape index (κ3) is 5.18. The van der Waals surface area contributed by atoms with Crippen LogP contribution >= 0.6 is 0 Å². The highest BCUT2D eigenvalue weighted by Crippen LogP contribution is 2.20. The topological polar surface area (TPSA) is 92.4 Å². The molecule has 4 N–H and O–H groups in total. The summed E-state index contributed by atoms with van der Waals surface area (Å²) in [6.07, 6.45) is 2.73. The Morgan fingerprint density at radius 1 is 1.32 bits per heavy atom. The van der Waals surface area contributed by atoms with E-state index in [1.54, 1.807) is 18.2 Å². The quantitative estimate of drug-likeness (QED) is 0.676. The van der Waals surface area contributed by atoms with Gasteiger partial charge in [0.2, 0.25) is 10.0 Å². The van der Waals surface area contributed by atoms with Crippen molar-refractivity contribution in [2.75, 3.05) is 18.5 Å². The molecule has 1 atom stereocenters. The van der Waals surface area contributed by atoms with Gasteiger partial charge in [0.25, 0.3) is 0 Å². The van der Waals surface area contributed by atoms with Gasteiger partial charge in [-0.3, -0.25) is 0 Å². The number of primary sulfonamides is 1. The maximum Gasteiger partial charge on any atom is 0.240 e. The molecule has 1 aromatic rings. The molecule has 19 heavy (non-hydrogen) atoms. The van der Waals surface area contributed by atoms with Crippen LogP contribution in [0.2, 0.25) is 0 Å². The first-order valence-electron chi connectivity index (χ1n) is 6.45. The minimum Gasteiger partial charge on any atom is -0.396 e. The van der Waals surface area contributed by atoms with E-state index in [1.807, 2.05) is 0 Å². The number of hydrogen-bond donors (Lipinski definition) is 3. The van der Waals surface area contributed by atoms with Crippen LogP contribution in [0, 0.1) is 5.92 Å². The van der Waals surface area contributed by atoms with Crippen LogP contribution in [0.3, 0.4) is 0 Å². The first-order chi connectivity index (χ1) is 8.99. The predicted molar refractivity (Wildman–Crippen MR) is 76.4 cm³/mol. The molecular formula is C13H22N2O3S. The monoisotopic (exact) mass is 286 g/mol. The second-order valence-electron chi connectivity index (χ2n) is 4.59. The van der Waals surface area contributed by atoms with Crippen molar-refractivity contribution in [2.45, 2.75) is 31.1 Å². The Bertz CT molecular complexity index is 482. The summed E-state index contributed by atoms with van der Waals surface area (Å²) in [4.78, 5) is 0.106. The molecule has 0 heterocycles. The third-order valence-electron chi connectivity index (χ3n) is 3.01. The zero-order chi connectivity index (χ0) is 14.3. The zero-order valence-corrected chi connectivity index (χ0v) is 12.0. The van der Waals surface area contributed by atoms with Crippen LogP contribution in [-0.2, 0) is 10.0 Å². The Morgan fingerprint density at radius 2 is 2.00 bits per heavy atom. The minimum absolute atomic E-state index is 0.106. The molecule has 0 aliphatic carbocycles. The van der Waals surface area contributed by atoms with Gasteiger partial charge in [0, 0.05) is 13.2 Å². The fraction of sp³-hybridized carbons (Fsp3) is 0.538. The Labute approximate surface area is 114 Å². The van der Waals surface area contributed by atoms with E-state index >= 15 is 0 Å². The van der Waals surface area contributed by atoms with E-state index in [0.717, 1.165) is 12.8 Å². The third-order valence-corrected chi connectivity index (χ3v) is 3.98. The van der Waals surface area contributed by atoms with Crippen molar-refractivity contribution in [3.63, 3.8) is 0 Å². The number of hydrogen-bond acceptors (Lipinski definition) is 4. The maximum atomic E-state index is 11.4. The molecule has 0 aromatic heterocycles. The van der Waals surface area contributed by atoms with Gasteiger partial charge in [-0.25, -0.2) is 13.6 Å². The van der Waals surface area contributed by atoms with Gasteiger partial charge in [0.05, 0.1) is 5.69 Å². The van der Waals surface area contributed by atoms with E-state index in [-0.39, 0.29) is 11.5 Å². The summed E-state index contributed by atoms with van der Waals surface area (Å²) in [5.74, 6) is 0.323. The van der Waals surface area contributed by atoms with Gasteiger partial charge in [-0.2, -0.15) is 0 Å². The number of sulfonamides is 1. The lowest BCUT2D eigenvalue weighted by atomic mass is 10.0. The molecule has 0 amide bonds. The van der Waals surface area contributed by atoms with E-state index in [9.17, 15) is 8.42 Å². The molecule has 0 bridgehead atoms. The number of aliphatic hydroxyl groups is 1. The molecule has 1 unspecified atom stereocenters. The summed E-state index contributed by atoms with van der Waals surface area (Å²) in [6, 6.07) is 6.58. The molecule has 6 heteroatoms. The lowest BCUT2D eigenvalue weighted by Crippen LogP contribution is -2.19. The highest BCUT2D eigenvalue weighted by molar-refractivity contribution is 7.89. The smallest absolute Gasteiger partial charge is 0.240 e. The summed E-state index contributed by atoms with van der Waals surface area (Å²) in [5, 5.41) is 17.3. The number of anilines is 1. The Hall–Kier alpha value is -1.11. The van der Waals surface area contributed by atoms with Crippen LogP contribution in [0.25, 0.3) is 0 Å². The van der Waals surface area contributed by atoms with E-state index in [0.29, 0.717) is 24.6 Å². The predicted octanol–water partition coefficient (Wildman–Crippen LogP) is 1.54. The molecule has 0 aliphatic heterocycles. The average Bonchev–Trinajstić information content (AvgIpc) is 2.36.